The Morgan fingerprint density at radius 3 is 2.94 bits per heavy atom. The van der Waals surface area contributed by atoms with E-state index in [2.05, 4.69) is 19.2 Å². The summed E-state index contributed by atoms with van der Waals surface area (Å²) in [5.74, 6) is 1.98. The van der Waals surface area contributed by atoms with Crippen LogP contribution in [0, 0.1) is 5.82 Å². The molecule has 0 radical (unpaired) electrons. The van der Waals surface area contributed by atoms with Gasteiger partial charge in [-0.3, -0.25) is 0 Å². The quantitative estimate of drug-likeness (QED) is 0.752. The molecule has 0 aliphatic rings. The molecule has 96 valence electrons. The van der Waals surface area contributed by atoms with Crippen molar-refractivity contribution in [3.63, 3.8) is 0 Å². The molecule has 1 aromatic carbocycles. The van der Waals surface area contributed by atoms with Crippen molar-refractivity contribution >= 4 is 23.4 Å². The van der Waals surface area contributed by atoms with Gasteiger partial charge in [-0.2, -0.15) is 11.8 Å². The molecule has 0 fully saturated rings. The van der Waals surface area contributed by atoms with Crippen LogP contribution < -0.4 is 5.32 Å². The molecule has 1 unspecified atom stereocenters. The summed E-state index contributed by atoms with van der Waals surface area (Å²) in [6, 6.07) is 5.51. The highest BCUT2D eigenvalue weighted by Gasteiger charge is 2.07. The van der Waals surface area contributed by atoms with E-state index in [1.807, 2.05) is 11.8 Å². The topological polar surface area (TPSA) is 12.0 Å². The van der Waals surface area contributed by atoms with Crippen molar-refractivity contribution in [2.24, 2.45) is 0 Å². The van der Waals surface area contributed by atoms with Crippen molar-refractivity contribution in [2.45, 2.75) is 32.9 Å². The van der Waals surface area contributed by atoms with Crippen LogP contribution in [0.5, 0.6) is 0 Å². The molecule has 0 amide bonds. The number of hydrogen-bond acceptors (Lipinski definition) is 2. The molecule has 1 atom stereocenters. The van der Waals surface area contributed by atoms with Crippen LogP contribution in [0.3, 0.4) is 0 Å². The number of nitrogens with one attached hydrogen (secondary N) is 1. The van der Waals surface area contributed by atoms with E-state index >= 15 is 0 Å². The normalized spacial score (nSPS) is 12.7. The standard InChI is InChI=1S/C13H19ClFNS/c1-3-17-8-7-10(2)16-9-11-5-4-6-12(14)13(11)15/h4-6,10,16H,3,7-9H2,1-2H3. The molecule has 0 aromatic heterocycles. The Balaban J connectivity index is 2.37. The van der Waals surface area contributed by atoms with Gasteiger partial charge in [0.1, 0.15) is 5.82 Å². The fourth-order valence-corrected chi connectivity index (χ4v) is 2.48. The van der Waals surface area contributed by atoms with E-state index in [9.17, 15) is 4.39 Å². The number of halogens is 2. The number of hydrogen-bond donors (Lipinski definition) is 1. The Kier molecular flexibility index (Phi) is 6.93. The lowest BCUT2D eigenvalue weighted by atomic mass is 10.2. The number of thioether (sulfide) groups is 1. The van der Waals surface area contributed by atoms with Crippen LogP contribution in [0.2, 0.25) is 5.02 Å². The van der Waals surface area contributed by atoms with E-state index in [4.69, 9.17) is 11.6 Å². The van der Waals surface area contributed by atoms with Gasteiger partial charge < -0.3 is 5.32 Å². The Morgan fingerprint density at radius 2 is 2.24 bits per heavy atom. The third-order valence-electron chi connectivity index (χ3n) is 2.57. The maximum atomic E-state index is 13.6. The van der Waals surface area contributed by atoms with Crippen LogP contribution in [0.25, 0.3) is 0 Å². The van der Waals surface area contributed by atoms with E-state index in [-0.39, 0.29) is 10.8 Å². The minimum Gasteiger partial charge on any atom is -0.310 e. The SMILES string of the molecule is CCSCCC(C)NCc1cccc(Cl)c1F. The van der Waals surface area contributed by atoms with Gasteiger partial charge in [0.05, 0.1) is 5.02 Å². The van der Waals surface area contributed by atoms with Crippen molar-refractivity contribution in [2.75, 3.05) is 11.5 Å². The Bertz CT molecular complexity index is 346. The lowest BCUT2D eigenvalue weighted by molar-refractivity contribution is 0.519. The highest BCUT2D eigenvalue weighted by Crippen LogP contribution is 2.17. The minimum absolute atomic E-state index is 0.193. The van der Waals surface area contributed by atoms with Crippen molar-refractivity contribution in [3.8, 4) is 0 Å². The van der Waals surface area contributed by atoms with Gasteiger partial charge >= 0.3 is 0 Å². The first kappa shape index (κ1) is 14.8. The van der Waals surface area contributed by atoms with Gasteiger partial charge in [-0.25, -0.2) is 4.39 Å². The summed E-state index contributed by atoms with van der Waals surface area (Å²) < 4.78 is 13.6. The summed E-state index contributed by atoms with van der Waals surface area (Å²) in [6.45, 7) is 4.81. The predicted molar refractivity (Wildman–Crippen MR) is 75.3 cm³/mol. The number of benzene rings is 1. The van der Waals surface area contributed by atoms with Gasteiger partial charge in [0, 0.05) is 18.2 Å². The largest absolute Gasteiger partial charge is 0.310 e. The molecule has 17 heavy (non-hydrogen) atoms. The van der Waals surface area contributed by atoms with Crippen LogP contribution in [-0.2, 0) is 6.54 Å². The van der Waals surface area contributed by atoms with Crippen molar-refractivity contribution in [1.82, 2.24) is 5.32 Å². The third kappa shape index (κ3) is 5.28. The van der Waals surface area contributed by atoms with Gasteiger partial charge in [0.2, 0.25) is 0 Å². The van der Waals surface area contributed by atoms with Crippen LogP contribution in [-0.4, -0.2) is 17.5 Å². The molecule has 0 aliphatic heterocycles. The molecule has 0 saturated carbocycles. The van der Waals surface area contributed by atoms with Crippen LogP contribution in [0.1, 0.15) is 25.8 Å². The summed E-state index contributed by atoms with van der Waals surface area (Å²) in [6.07, 6.45) is 1.10. The predicted octanol–water partition coefficient (Wildman–Crippen LogP) is 4.10. The zero-order valence-corrected chi connectivity index (χ0v) is 11.9. The monoisotopic (exact) mass is 275 g/mol. The highest BCUT2D eigenvalue weighted by molar-refractivity contribution is 7.99. The second-order valence-corrected chi connectivity index (χ2v) is 5.78. The summed E-state index contributed by atoms with van der Waals surface area (Å²) >= 11 is 7.65. The average molecular weight is 276 g/mol. The lowest BCUT2D eigenvalue weighted by Crippen LogP contribution is -2.26. The fourth-order valence-electron chi connectivity index (χ4n) is 1.48. The molecule has 1 aromatic rings. The Morgan fingerprint density at radius 1 is 1.47 bits per heavy atom. The van der Waals surface area contributed by atoms with E-state index in [0.29, 0.717) is 18.2 Å². The van der Waals surface area contributed by atoms with Gasteiger partial charge in [0.25, 0.3) is 0 Å². The molecule has 4 heteroatoms. The van der Waals surface area contributed by atoms with Crippen LogP contribution >= 0.6 is 23.4 Å². The zero-order valence-electron chi connectivity index (χ0n) is 10.3. The smallest absolute Gasteiger partial charge is 0.146 e. The molecule has 0 aliphatic carbocycles. The lowest BCUT2D eigenvalue weighted by Gasteiger charge is -2.14. The second-order valence-electron chi connectivity index (χ2n) is 3.98. The van der Waals surface area contributed by atoms with Crippen molar-refractivity contribution in [1.29, 1.82) is 0 Å². The fraction of sp³-hybridized carbons (Fsp3) is 0.538. The molecule has 0 saturated heterocycles. The van der Waals surface area contributed by atoms with Gasteiger partial charge in [0.15, 0.2) is 0 Å². The average Bonchev–Trinajstić information content (AvgIpc) is 2.31. The first-order chi connectivity index (χ1) is 8.15. The summed E-state index contributed by atoms with van der Waals surface area (Å²) in [7, 11) is 0. The number of rotatable bonds is 7. The molecule has 0 spiro atoms. The first-order valence-electron chi connectivity index (χ1n) is 5.89. The molecular weight excluding hydrogens is 257 g/mol. The molecule has 0 bridgehead atoms. The molecule has 1 nitrogen and oxygen atoms in total. The molecule has 1 rings (SSSR count). The minimum atomic E-state index is -0.309. The molecule has 0 heterocycles. The van der Waals surface area contributed by atoms with Crippen molar-refractivity contribution in [3.05, 3.63) is 34.6 Å². The second kappa shape index (κ2) is 7.96. The summed E-state index contributed by atoms with van der Waals surface area (Å²) in [5.41, 5.74) is 0.632. The summed E-state index contributed by atoms with van der Waals surface area (Å²) in [5, 5.41) is 3.51. The van der Waals surface area contributed by atoms with Gasteiger partial charge in [-0.15, -0.1) is 0 Å². The van der Waals surface area contributed by atoms with E-state index in [1.165, 1.54) is 0 Å². The molecular formula is C13H19ClFNS. The first-order valence-corrected chi connectivity index (χ1v) is 7.42. The Labute approximate surface area is 112 Å². The van der Waals surface area contributed by atoms with E-state index < -0.39 is 0 Å². The van der Waals surface area contributed by atoms with Crippen LogP contribution in [0.4, 0.5) is 4.39 Å². The molecule has 1 N–H and O–H groups in total. The Hall–Kier alpha value is -0.250. The van der Waals surface area contributed by atoms with Crippen LogP contribution in [0.15, 0.2) is 18.2 Å². The highest BCUT2D eigenvalue weighted by atomic mass is 35.5. The van der Waals surface area contributed by atoms with E-state index in [1.54, 1.807) is 18.2 Å². The van der Waals surface area contributed by atoms with Gasteiger partial charge in [-0.05, 0) is 30.9 Å². The maximum absolute atomic E-state index is 13.6. The van der Waals surface area contributed by atoms with E-state index in [0.717, 1.165) is 17.9 Å². The maximum Gasteiger partial charge on any atom is 0.146 e. The zero-order chi connectivity index (χ0) is 12.7. The third-order valence-corrected chi connectivity index (χ3v) is 3.80. The van der Waals surface area contributed by atoms with Crippen molar-refractivity contribution < 1.29 is 4.39 Å². The van der Waals surface area contributed by atoms with Gasteiger partial charge in [-0.1, -0.05) is 30.7 Å². The summed E-state index contributed by atoms with van der Waals surface area (Å²) in [4.78, 5) is 0.